The number of benzene rings is 2. The maximum atomic E-state index is 13.2. The van der Waals surface area contributed by atoms with Crippen LogP contribution in [0.1, 0.15) is 28.9 Å². The molecule has 0 saturated carbocycles. The number of carbonyl (C=O) groups excluding carboxylic acids is 1. The van der Waals surface area contributed by atoms with Gasteiger partial charge in [0.25, 0.3) is 5.91 Å². The fourth-order valence-electron chi connectivity index (χ4n) is 4.25. The zero-order valence-corrected chi connectivity index (χ0v) is 18.7. The highest BCUT2D eigenvalue weighted by Crippen LogP contribution is 2.33. The molecule has 0 bridgehead atoms. The standard InChI is InChI=1S/C24H22N4O3S/c1-13-9-15-5-4-6-16-21(15)28(13)11-17(22(16)29)23(30)26-18-10-14(7-8-20(18)31-3)19-12-32-24(25-2)27-19/h4-8,10-13H,9H2,1-3H3,(H,25,27)(H,26,30)/t13-/m0/s1. The van der Waals surface area contributed by atoms with Gasteiger partial charge < -0.3 is 19.9 Å². The first kappa shape index (κ1) is 20.3. The number of nitrogens with one attached hydrogen (secondary N) is 2. The first-order valence-electron chi connectivity index (χ1n) is 10.3. The van der Waals surface area contributed by atoms with E-state index in [1.807, 2.05) is 41.3 Å². The van der Waals surface area contributed by atoms with Gasteiger partial charge in [0.2, 0.25) is 5.43 Å². The summed E-state index contributed by atoms with van der Waals surface area (Å²) in [5, 5.41) is 9.22. The van der Waals surface area contributed by atoms with Crippen molar-refractivity contribution in [2.75, 3.05) is 24.8 Å². The van der Waals surface area contributed by atoms with E-state index in [9.17, 15) is 9.59 Å². The highest BCUT2D eigenvalue weighted by molar-refractivity contribution is 7.14. The van der Waals surface area contributed by atoms with E-state index < -0.39 is 5.91 Å². The van der Waals surface area contributed by atoms with Gasteiger partial charge in [0.15, 0.2) is 5.13 Å². The molecule has 7 nitrogen and oxygen atoms in total. The summed E-state index contributed by atoms with van der Waals surface area (Å²) >= 11 is 1.50. The normalized spacial score (nSPS) is 14.5. The van der Waals surface area contributed by atoms with Gasteiger partial charge in [-0.05, 0) is 43.2 Å². The van der Waals surface area contributed by atoms with Crippen LogP contribution in [0.3, 0.4) is 0 Å². The third kappa shape index (κ3) is 3.23. The minimum Gasteiger partial charge on any atom is -0.495 e. The van der Waals surface area contributed by atoms with E-state index in [2.05, 4.69) is 22.5 Å². The van der Waals surface area contributed by atoms with E-state index in [-0.39, 0.29) is 17.0 Å². The van der Waals surface area contributed by atoms with Crippen molar-refractivity contribution in [1.29, 1.82) is 0 Å². The number of pyridine rings is 1. The molecule has 4 aromatic rings. The summed E-state index contributed by atoms with van der Waals surface area (Å²) in [6.07, 6.45) is 2.52. The largest absolute Gasteiger partial charge is 0.495 e. The molecule has 2 aromatic carbocycles. The van der Waals surface area contributed by atoms with Crippen LogP contribution in [0.25, 0.3) is 22.2 Å². The van der Waals surface area contributed by atoms with Crippen molar-refractivity contribution in [2.45, 2.75) is 19.4 Å². The number of rotatable bonds is 5. The van der Waals surface area contributed by atoms with E-state index in [1.54, 1.807) is 25.4 Å². The molecule has 0 radical (unpaired) electrons. The third-order valence-electron chi connectivity index (χ3n) is 5.83. The summed E-state index contributed by atoms with van der Waals surface area (Å²) in [6.45, 7) is 2.09. The molecule has 0 unspecified atom stereocenters. The molecule has 0 fully saturated rings. The lowest BCUT2D eigenvalue weighted by Gasteiger charge is -2.14. The van der Waals surface area contributed by atoms with Gasteiger partial charge in [0.1, 0.15) is 11.3 Å². The van der Waals surface area contributed by atoms with Gasteiger partial charge in [-0.25, -0.2) is 4.98 Å². The maximum absolute atomic E-state index is 13.2. The third-order valence-corrected chi connectivity index (χ3v) is 6.69. The maximum Gasteiger partial charge on any atom is 0.261 e. The summed E-state index contributed by atoms with van der Waals surface area (Å²) < 4.78 is 7.47. The average Bonchev–Trinajstić information content (AvgIpc) is 3.41. The zero-order chi connectivity index (χ0) is 22.4. The molecule has 1 aliphatic rings. The van der Waals surface area contributed by atoms with E-state index >= 15 is 0 Å². The van der Waals surface area contributed by atoms with Crippen molar-refractivity contribution in [3.05, 3.63) is 69.3 Å². The Balaban J connectivity index is 1.55. The van der Waals surface area contributed by atoms with E-state index in [0.29, 0.717) is 16.8 Å². The molecule has 0 aliphatic carbocycles. The van der Waals surface area contributed by atoms with E-state index in [1.165, 1.54) is 11.3 Å². The number of amides is 1. The molecule has 32 heavy (non-hydrogen) atoms. The highest BCUT2D eigenvalue weighted by Gasteiger charge is 2.25. The number of hydrogen-bond donors (Lipinski definition) is 2. The molecule has 2 N–H and O–H groups in total. The van der Waals surface area contributed by atoms with Crippen molar-refractivity contribution in [1.82, 2.24) is 9.55 Å². The second kappa shape index (κ2) is 7.80. The Labute approximate surface area is 188 Å². The van der Waals surface area contributed by atoms with Crippen molar-refractivity contribution in [3.63, 3.8) is 0 Å². The molecule has 1 atom stereocenters. The Kier molecular flexibility index (Phi) is 4.94. The van der Waals surface area contributed by atoms with Gasteiger partial charge in [-0.15, -0.1) is 11.3 Å². The average molecular weight is 447 g/mol. The Bertz CT molecular complexity index is 1420. The van der Waals surface area contributed by atoms with Gasteiger partial charge in [-0.2, -0.15) is 0 Å². The molecule has 8 heteroatoms. The SMILES string of the molecule is CNc1nc(-c2ccc(OC)c(NC(=O)c3cn4c5c(cccc5c3=O)C[C@@H]4C)c2)cs1. The monoisotopic (exact) mass is 446 g/mol. The van der Waals surface area contributed by atoms with Gasteiger partial charge in [0.05, 0.1) is 24.0 Å². The first-order valence-corrected chi connectivity index (χ1v) is 11.2. The Hall–Kier alpha value is -3.65. The summed E-state index contributed by atoms with van der Waals surface area (Å²) in [4.78, 5) is 30.9. The van der Waals surface area contributed by atoms with Gasteiger partial charge in [-0.3, -0.25) is 9.59 Å². The number of nitrogens with zero attached hydrogens (tertiary/aromatic N) is 2. The number of methoxy groups -OCH3 is 1. The van der Waals surface area contributed by atoms with Crippen LogP contribution in [-0.2, 0) is 6.42 Å². The lowest BCUT2D eigenvalue weighted by molar-refractivity contribution is 0.102. The van der Waals surface area contributed by atoms with Crippen LogP contribution in [0.15, 0.2) is 52.8 Å². The smallest absolute Gasteiger partial charge is 0.261 e. The lowest BCUT2D eigenvalue weighted by atomic mass is 10.1. The number of carbonyl (C=O) groups is 1. The minimum atomic E-state index is -0.463. The second-order valence-corrected chi connectivity index (χ2v) is 8.66. The van der Waals surface area contributed by atoms with Crippen LogP contribution in [0.5, 0.6) is 5.75 Å². The predicted octanol–water partition coefficient (Wildman–Crippen LogP) is 4.54. The lowest BCUT2D eigenvalue weighted by Crippen LogP contribution is -2.24. The van der Waals surface area contributed by atoms with Crippen molar-refractivity contribution in [3.8, 4) is 17.0 Å². The number of anilines is 2. The molecule has 1 aliphatic heterocycles. The summed E-state index contributed by atoms with van der Waals surface area (Å²) in [5.41, 5.74) is 4.02. The van der Waals surface area contributed by atoms with E-state index in [0.717, 1.165) is 33.9 Å². The Morgan fingerprint density at radius 1 is 1.28 bits per heavy atom. The number of hydrogen-bond acceptors (Lipinski definition) is 6. The molecule has 0 spiro atoms. The van der Waals surface area contributed by atoms with Crippen LogP contribution in [0.2, 0.25) is 0 Å². The van der Waals surface area contributed by atoms with E-state index in [4.69, 9.17) is 4.74 Å². The quantitative estimate of drug-likeness (QED) is 0.470. The van der Waals surface area contributed by atoms with Gasteiger partial charge >= 0.3 is 0 Å². The van der Waals surface area contributed by atoms with Crippen molar-refractivity contribution in [2.24, 2.45) is 0 Å². The Morgan fingerprint density at radius 3 is 2.88 bits per heavy atom. The molecular weight excluding hydrogens is 424 g/mol. The van der Waals surface area contributed by atoms with Crippen molar-refractivity contribution >= 4 is 39.0 Å². The van der Waals surface area contributed by atoms with Crippen LogP contribution >= 0.6 is 11.3 Å². The fourth-order valence-corrected chi connectivity index (χ4v) is 4.93. The second-order valence-electron chi connectivity index (χ2n) is 7.80. The zero-order valence-electron chi connectivity index (χ0n) is 17.9. The van der Waals surface area contributed by atoms with Gasteiger partial charge in [-0.1, -0.05) is 12.1 Å². The van der Waals surface area contributed by atoms with Crippen LogP contribution in [0, 0.1) is 0 Å². The number of thiazole rings is 1. The summed E-state index contributed by atoms with van der Waals surface area (Å²) in [6, 6.07) is 11.4. The summed E-state index contributed by atoms with van der Waals surface area (Å²) in [5.74, 6) is 0.0436. The molecule has 2 aromatic heterocycles. The molecule has 5 rings (SSSR count). The predicted molar refractivity (Wildman–Crippen MR) is 128 cm³/mol. The molecular formula is C24H22N4O3S. The van der Waals surface area contributed by atoms with Gasteiger partial charge in [0, 0.05) is 35.6 Å². The topological polar surface area (TPSA) is 85.2 Å². The van der Waals surface area contributed by atoms with Crippen LogP contribution in [0.4, 0.5) is 10.8 Å². The van der Waals surface area contributed by atoms with Crippen molar-refractivity contribution < 1.29 is 9.53 Å². The van der Waals surface area contributed by atoms with Crippen LogP contribution < -0.4 is 20.8 Å². The molecule has 1 amide bonds. The Morgan fingerprint density at radius 2 is 2.12 bits per heavy atom. The number of aromatic nitrogens is 2. The minimum absolute atomic E-state index is 0.113. The highest BCUT2D eigenvalue weighted by atomic mass is 32.1. The molecule has 162 valence electrons. The fraction of sp³-hybridized carbons (Fsp3) is 0.208. The summed E-state index contributed by atoms with van der Waals surface area (Å²) in [7, 11) is 3.36. The number of para-hydroxylation sites is 1. The van der Waals surface area contributed by atoms with Crippen LogP contribution in [-0.4, -0.2) is 29.6 Å². The molecule has 0 saturated heterocycles. The first-order chi connectivity index (χ1) is 15.5. The molecule has 3 heterocycles. The number of ether oxygens (including phenoxy) is 1.